The second-order valence-corrected chi connectivity index (χ2v) is 3.82. The largest absolute Gasteiger partial charge is 0.477 e. The van der Waals surface area contributed by atoms with Gasteiger partial charge in [0.1, 0.15) is 11.5 Å². The van der Waals surface area contributed by atoms with Gasteiger partial charge in [-0.3, -0.25) is 4.98 Å². The second kappa shape index (κ2) is 4.83. The van der Waals surface area contributed by atoms with E-state index in [1.165, 1.54) is 12.3 Å². The van der Waals surface area contributed by atoms with Crippen LogP contribution in [0.15, 0.2) is 30.5 Å². The molecule has 0 aliphatic rings. The highest BCUT2D eigenvalue weighted by atomic mass is 16.5. The van der Waals surface area contributed by atoms with Gasteiger partial charge in [0.15, 0.2) is 5.69 Å². The molecule has 5 heteroatoms. The summed E-state index contributed by atoms with van der Waals surface area (Å²) in [5, 5.41) is 8.84. The minimum Gasteiger partial charge on any atom is -0.477 e. The van der Waals surface area contributed by atoms with Gasteiger partial charge in [-0.05, 0) is 32.0 Å². The summed E-state index contributed by atoms with van der Waals surface area (Å²) in [6.07, 6.45) is 1.40. The molecule has 1 N–H and O–H groups in total. The maximum Gasteiger partial charge on any atom is 0.354 e. The van der Waals surface area contributed by atoms with Crippen LogP contribution in [0.25, 0.3) is 0 Å². The number of carboxylic acids is 1. The molecule has 0 amide bonds. The Morgan fingerprint density at radius 1 is 1.28 bits per heavy atom. The number of ether oxygens (including phenoxy) is 1. The molecule has 0 atom stereocenters. The SMILES string of the molecule is Cc1ccc(Oc2ccnc(C(=O)O)c2)c(C)n1. The number of aryl methyl sites for hydroxylation is 2. The van der Waals surface area contributed by atoms with Gasteiger partial charge in [-0.1, -0.05) is 0 Å². The Hall–Kier alpha value is -2.43. The highest BCUT2D eigenvalue weighted by Crippen LogP contribution is 2.24. The van der Waals surface area contributed by atoms with Crippen molar-refractivity contribution in [2.24, 2.45) is 0 Å². The van der Waals surface area contributed by atoms with Gasteiger partial charge >= 0.3 is 5.97 Å². The van der Waals surface area contributed by atoms with Crippen LogP contribution < -0.4 is 4.74 Å². The van der Waals surface area contributed by atoms with Gasteiger partial charge in [-0.15, -0.1) is 0 Å². The predicted molar refractivity (Wildman–Crippen MR) is 65.0 cm³/mol. The molecule has 0 aliphatic carbocycles. The zero-order valence-electron chi connectivity index (χ0n) is 10.0. The van der Waals surface area contributed by atoms with Crippen LogP contribution in [-0.2, 0) is 0 Å². The lowest BCUT2D eigenvalue weighted by molar-refractivity contribution is 0.0690. The van der Waals surface area contributed by atoms with Crippen LogP contribution in [0.3, 0.4) is 0 Å². The van der Waals surface area contributed by atoms with Crippen LogP contribution in [0.1, 0.15) is 21.9 Å². The van der Waals surface area contributed by atoms with E-state index in [0.29, 0.717) is 11.5 Å². The van der Waals surface area contributed by atoms with E-state index in [-0.39, 0.29) is 5.69 Å². The number of rotatable bonds is 3. The summed E-state index contributed by atoms with van der Waals surface area (Å²) < 4.78 is 5.59. The summed E-state index contributed by atoms with van der Waals surface area (Å²) in [6.45, 7) is 3.73. The van der Waals surface area contributed by atoms with Crippen molar-refractivity contribution in [1.29, 1.82) is 0 Å². The Morgan fingerprint density at radius 2 is 2.06 bits per heavy atom. The number of carboxylic acid groups (broad SMARTS) is 1. The van der Waals surface area contributed by atoms with Gasteiger partial charge in [0, 0.05) is 18.0 Å². The maximum atomic E-state index is 10.8. The third kappa shape index (κ3) is 2.63. The summed E-state index contributed by atoms with van der Waals surface area (Å²) in [5.41, 5.74) is 1.61. The lowest BCUT2D eigenvalue weighted by Crippen LogP contribution is -2.00. The van der Waals surface area contributed by atoms with Crippen LogP contribution in [0.4, 0.5) is 0 Å². The lowest BCUT2D eigenvalue weighted by atomic mass is 10.3. The third-order valence-corrected chi connectivity index (χ3v) is 2.35. The number of pyridine rings is 2. The Labute approximate surface area is 104 Å². The van der Waals surface area contributed by atoms with Crippen molar-refractivity contribution in [2.45, 2.75) is 13.8 Å². The zero-order chi connectivity index (χ0) is 13.1. The molecule has 92 valence electrons. The summed E-state index contributed by atoms with van der Waals surface area (Å²) in [6, 6.07) is 6.62. The fourth-order valence-electron chi connectivity index (χ4n) is 1.50. The zero-order valence-corrected chi connectivity index (χ0v) is 10.0. The van der Waals surface area contributed by atoms with Crippen LogP contribution in [0, 0.1) is 13.8 Å². The highest BCUT2D eigenvalue weighted by Gasteiger charge is 2.07. The third-order valence-electron chi connectivity index (χ3n) is 2.35. The van der Waals surface area contributed by atoms with Gasteiger partial charge in [0.2, 0.25) is 0 Å². The van der Waals surface area contributed by atoms with Gasteiger partial charge < -0.3 is 9.84 Å². The van der Waals surface area contributed by atoms with Crippen molar-refractivity contribution in [3.63, 3.8) is 0 Å². The average molecular weight is 244 g/mol. The van der Waals surface area contributed by atoms with Crippen molar-refractivity contribution >= 4 is 5.97 Å². The van der Waals surface area contributed by atoms with Gasteiger partial charge in [0.25, 0.3) is 0 Å². The molecule has 0 fully saturated rings. The van der Waals surface area contributed by atoms with E-state index >= 15 is 0 Å². The summed E-state index contributed by atoms with van der Waals surface area (Å²) in [4.78, 5) is 18.8. The Kier molecular flexibility index (Phi) is 3.23. The Bertz CT molecular complexity index is 597. The minimum atomic E-state index is -1.08. The molecule has 2 rings (SSSR count). The molecular formula is C13H12N2O3. The van der Waals surface area contributed by atoms with Crippen molar-refractivity contribution < 1.29 is 14.6 Å². The first-order valence-electron chi connectivity index (χ1n) is 5.38. The number of aromatic carboxylic acids is 1. The van der Waals surface area contributed by atoms with E-state index in [0.717, 1.165) is 11.4 Å². The van der Waals surface area contributed by atoms with E-state index in [1.807, 2.05) is 19.9 Å². The molecule has 0 spiro atoms. The van der Waals surface area contributed by atoms with Gasteiger partial charge in [-0.2, -0.15) is 0 Å². The van der Waals surface area contributed by atoms with Crippen molar-refractivity contribution in [1.82, 2.24) is 9.97 Å². The molecule has 0 bridgehead atoms. The molecule has 18 heavy (non-hydrogen) atoms. The van der Waals surface area contributed by atoms with Crippen molar-refractivity contribution in [3.05, 3.63) is 47.5 Å². The summed E-state index contributed by atoms with van der Waals surface area (Å²) >= 11 is 0. The molecule has 2 aromatic heterocycles. The predicted octanol–water partition coefficient (Wildman–Crippen LogP) is 2.58. The van der Waals surface area contributed by atoms with Crippen LogP contribution in [0.2, 0.25) is 0 Å². The first-order chi connectivity index (χ1) is 8.56. The van der Waals surface area contributed by atoms with Crippen LogP contribution in [0.5, 0.6) is 11.5 Å². The molecule has 0 saturated carbocycles. The van der Waals surface area contributed by atoms with E-state index in [1.54, 1.807) is 12.1 Å². The Balaban J connectivity index is 2.28. The number of nitrogens with zero attached hydrogens (tertiary/aromatic N) is 2. The Morgan fingerprint density at radius 3 is 2.72 bits per heavy atom. The first kappa shape index (κ1) is 12.0. The number of aromatic nitrogens is 2. The van der Waals surface area contributed by atoms with Crippen molar-refractivity contribution in [2.75, 3.05) is 0 Å². The smallest absolute Gasteiger partial charge is 0.354 e. The van der Waals surface area contributed by atoms with Gasteiger partial charge in [-0.25, -0.2) is 9.78 Å². The molecule has 5 nitrogen and oxygen atoms in total. The monoisotopic (exact) mass is 244 g/mol. The molecule has 0 aliphatic heterocycles. The fraction of sp³-hybridized carbons (Fsp3) is 0.154. The maximum absolute atomic E-state index is 10.8. The molecule has 0 radical (unpaired) electrons. The molecular weight excluding hydrogens is 232 g/mol. The van der Waals surface area contributed by atoms with Crippen molar-refractivity contribution in [3.8, 4) is 11.5 Å². The number of carbonyl (C=O) groups is 1. The summed E-state index contributed by atoms with van der Waals surface area (Å²) in [7, 11) is 0. The summed E-state index contributed by atoms with van der Waals surface area (Å²) in [5.74, 6) is -0.0569. The van der Waals surface area contributed by atoms with Gasteiger partial charge in [0.05, 0.1) is 5.69 Å². The number of hydrogen-bond acceptors (Lipinski definition) is 4. The van der Waals surface area contributed by atoms with E-state index in [4.69, 9.17) is 9.84 Å². The van der Waals surface area contributed by atoms with E-state index in [9.17, 15) is 4.79 Å². The second-order valence-electron chi connectivity index (χ2n) is 3.82. The molecule has 2 heterocycles. The van der Waals surface area contributed by atoms with Crippen LogP contribution >= 0.6 is 0 Å². The minimum absolute atomic E-state index is 0.0507. The van der Waals surface area contributed by atoms with E-state index in [2.05, 4.69) is 9.97 Å². The standard InChI is InChI=1S/C13H12N2O3/c1-8-3-4-12(9(2)15-8)18-10-5-6-14-11(7-10)13(16)17/h3-7H,1-2H3,(H,16,17). The highest BCUT2D eigenvalue weighted by molar-refractivity contribution is 5.85. The molecule has 0 aromatic carbocycles. The first-order valence-corrected chi connectivity index (χ1v) is 5.38. The topological polar surface area (TPSA) is 72.3 Å². The lowest BCUT2D eigenvalue weighted by Gasteiger charge is -2.08. The average Bonchev–Trinajstić information content (AvgIpc) is 2.33. The van der Waals surface area contributed by atoms with Crippen LogP contribution in [-0.4, -0.2) is 21.0 Å². The molecule has 0 saturated heterocycles. The van der Waals surface area contributed by atoms with E-state index < -0.39 is 5.97 Å². The molecule has 0 unspecified atom stereocenters. The normalized spacial score (nSPS) is 10.1. The fourth-order valence-corrected chi connectivity index (χ4v) is 1.50. The molecule has 2 aromatic rings. The number of hydrogen-bond donors (Lipinski definition) is 1. The quantitative estimate of drug-likeness (QED) is 0.898.